The molecule has 192 valence electrons. The van der Waals surface area contributed by atoms with Crippen LogP contribution in [0.3, 0.4) is 0 Å². The molecule has 1 N–H and O–H groups in total. The van der Waals surface area contributed by atoms with E-state index in [4.69, 9.17) is 23.2 Å². The van der Waals surface area contributed by atoms with E-state index in [1.165, 1.54) is 16.5 Å². The smallest absolute Gasteiger partial charge is 0.269 e. The zero-order valence-corrected chi connectivity index (χ0v) is 22.4. The molecule has 0 spiro atoms. The lowest BCUT2D eigenvalue weighted by Crippen LogP contribution is -2.61. The number of benzene rings is 2. The highest BCUT2D eigenvalue weighted by Gasteiger charge is 2.34. The summed E-state index contributed by atoms with van der Waals surface area (Å²) in [4.78, 5) is 25.2. The zero-order chi connectivity index (χ0) is 26.3. The Labute approximate surface area is 224 Å². The number of hydrogen-bond acceptors (Lipinski definition) is 7. The maximum atomic E-state index is 13.2. The first kappa shape index (κ1) is 25.3. The number of amides is 1. The minimum atomic E-state index is -3.82. The highest BCUT2D eigenvalue weighted by molar-refractivity contribution is 7.90. The van der Waals surface area contributed by atoms with Gasteiger partial charge in [-0.2, -0.15) is 0 Å². The summed E-state index contributed by atoms with van der Waals surface area (Å²) >= 11 is 12.0. The van der Waals surface area contributed by atoms with Crippen molar-refractivity contribution in [2.24, 2.45) is 0 Å². The highest BCUT2D eigenvalue weighted by Crippen LogP contribution is 2.29. The topological polar surface area (TPSA) is 100 Å². The Morgan fingerprint density at radius 1 is 1.08 bits per heavy atom. The Morgan fingerprint density at radius 3 is 2.43 bits per heavy atom. The number of aryl methyl sites for hydroxylation is 1. The van der Waals surface area contributed by atoms with E-state index < -0.39 is 10.0 Å². The third-order valence-corrected chi connectivity index (χ3v) is 8.52. The average Bonchev–Trinajstić information content (AvgIpc) is 3.27. The van der Waals surface area contributed by atoms with Gasteiger partial charge in [-0.05, 0) is 43.3 Å². The van der Waals surface area contributed by atoms with Gasteiger partial charge in [0, 0.05) is 42.1 Å². The third kappa shape index (κ3) is 4.96. The number of anilines is 2. The number of rotatable bonds is 7. The van der Waals surface area contributed by atoms with Crippen molar-refractivity contribution in [3.63, 3.8) is 0 Å². The molecular weight excluding hydrogens is 535 g/mol. The molecule has 5 rings (SSSR count). The second kappa shape index (κ2) is 9.85. The number of aromatic nitrogens is 3. The van der Waals surface area contributed by atoms with Crippen LogP contribution >= 0.6 is 23.2 Å². The maximum Gasteiger partial charge on any atom is 0.269 e. The first-order chi connectivity index (χ1) is 17.6. The summed E-state index contributed by atoms with van der Waals surface area (Å²) in [5.41, 5.74) is 1.95. The van der Waals surface area contributed by atoms with E-state index in [1.807, 2.05) is 18.9 Å². The van der Waals surface area contributed by atoms with E-state index in [9.17, 15) is 13.2 Å². The van der Waals surface area contributed by atoms with Crippen molar-refractivity contribution in [1.82, 2.24) is 18.8 Å². The largest absolute Gasteiger partial charge is 0.376 e. The zero-order valence-electron chi connectivity index (χ0n) is 20.1. The summed E-state index contributed by atoms with van der Waals surface area (Å²) < 4.78 is 27.7. The van der Waals surface area contributed by atoms with E-state index in [0.29, 0.717) is 45.7 Å². The summed E-state index contributed by atoms with van der Waals surface area (Å²) in [7, 11) is -1.94. The summed E-state index contributed by atoms with van der Waals surface area (Å²) in [5.74, 6) is 0.551. The highest BCUT2D eigenvalue weighted by atomic mass is 35.5. The number of fused-ring (bicyclic) bond motifs is 1. The van der Waals surface area contributed by atoms with Gasteiger partial charge >= 0.3 is 0 Å². The van der Waals surface area contributed by atoms with E-state index in [2.05, 4.69) is 15.3 Å². The standard InChI is InChI=1S/C25H24Cl2N6O3S/c1-16-3-5-21(6-4-16)37(35,36)33-8-7-22-24(29-15-30-25(22)33)31(2)20-13-32(14-20)23(34)12-28-19-10-17(26)9-18(27)11-19/h3-11,15,20,28H,12-14H2,1-2H3. The molecule has 1 saturated heterocycles. The summed E-state index contributed by atoms with van der Waals surface area (Å²) in [6.07, 6.45) is 2.85. The Morgan fingerprint density at radius 2 is 1.76 bits per heavy atom. The summed E-state index contributed by atoms with van der Waals surface area (Å²) in [6, 6.07) is 13.5. The number of hydrogen-bond donors (Lipinski definition) is 1. The molecule has 4 aromatic rings. The van der Waals surface area contributed by atoms with Gasteiger partial charge in [0.15, 0.2) is 5.65 Å². The second-order valence-corrected chi connectivity index (χ2v) is 11.6. The predicted octanol–water partition coefficient (Wildman–Crippen LogP) is 4.04. The Balaban J connectivity index is 1.28. The van der Waals surface area contributed by atoms with Crippen LogP contribution in [0.5, 0.6) is 0 Å². The summed E-state index contributed by atoms with van der Waals surface area (Å²) in [5, 5.41) is 4.65. The average molecular weight is 559 g/mol. The Hall–Kier alpha value is -3.34. The lowest BCUT2D eigenvalue weighted by atomic mass is 10.1. The molecule has 1 fully saturated rings. The van der Waals surface area contributed by atoms with Crippen molar-refractivity contribution >= 4 is 61.7 Å². The number of carbonyl (C=O) groups is 1. The van der Waals surface area contributed by atoms with Crippen LogP contribution in [0.1, 0.15) is 5.56 Å². The molecule has 0 bridgehead atoms. The van der Waals surface area contributed by atoms with Gasteiger partial charge < -0.3 is 15.1 Å². The first-order valence-electron chi connectivity index (χ1n) is 11.5. The first-order valence-corrected chi connectivity index (χ1v) is 13.7. The molecule has 1 amide bonds. The predicted molar refractivity (Wildman–Crippen MR) is 145 cm³/mol. The van der Waals surface area contributed by atoms with Crippen LogP contribution in [0.15, 0.2) is 66.0 Å². The van der Waals surface area contributed by atoms with Crippen LogP contribution in [0, 0.1) is 6.92 Å². The quantitative estimate of drug-likeness (QED) is 0.365. The van der Waals surface area contributed by atoms with E-state index in [1.54, 1.807) is 53.4 Å². The number of nitrogens with one attached hydrogen (secondary N) is 1. The third-order valence-electron chi connectivity index (χ3n) is 6.41. The molecule has 9 nitrogen and oxygen atoms in total. The van der Waals surface area contributed by atoms with Gasteiger partial charge in [0.25, 0.3) is 10.0 Å². The molecule has 2 aromatic carbocycles. The number of likely N-dealkylation sites (N-methyl/N-ethyl adjacent to an activating group) is 1. The van der Waals surface area contributed by atoms with Gasteiger partial charge in [-0.3, -0.25) is 4.79 Å². The van der Waals surface area contributed by atoms with Crippen LogP contribution in [0.2, 0.25) is 10.0 Å². The van der Waals surface area contributed by atoms with Crippen molar-refractivity contribution in [2.75, 3.05) is 36.9 Å². The molecule has 1 aliphatic rings. The number of halogens is 2. The molecule has 0 saturated carbocycles. The van der Waals surface area contributed by atoms with Gasteiger partial charge in [0.05, 0.1) is 22.9 Å². The van der Waals surface area contributed by atoms with Crippen LogP contribution in [-0.4, -0.2) is 65.9 Å². The fourth-order valence-electron chi connectivity index (χ4n) is 4.24. The van der Waals surface area contributed by atoms with Gasteiger partial charge in [-0.25, -0.2) is 22.4 Å². The number of carbonyl (C=O) groups excluding carboxylic acids is 1. The van der Waals surface area contributed by atoms with Crippen molar-refractivity contribution in [3.05, 3.63) is 76.7 Å². The molecule has 0 aliphatic carbocycles. The van der Waals surface area contributed by atoms with Crippen molar-refractivity contribution < 1.29 is 13.2 Å². The van der Waals surface area contributed by atoms with Gasteiger partial charge in [0.1, 0.15) is 12.1 Å². The Kier molecular flexibility index (Phi) is 6.74. The fourth-order valence-corrected chi connectivity index (χ4v) is 6.06. The molecule has 37 heavy (non-hydrogen) atoms. The molecule has 1 aliphatic heterocycles. The van der Waals surface area contributed by atoms with Crippen LogP contribution < -0.4 is 10.2 Å². The molecule has 2 aromatic heterocycles. The van der Waals surface area contributed by atoms with E-state index >= 15 is 0 Å². The number of likely N-dealkylation sites (tertiary alicyclic amines) is 1. The monoisotopic (exact) mass is 558 g/mol. The SMILES string of the molecule is Cc1ccc(S(=O)(=O)n2ccc3c(N(C)C4CN(C(=O)CNc5cc(Cl)cc(Cl)c5)C4)ncnc32)cc1. The van der Waals surface area contributed by atoms with Crippen molar-refractivity contribution in [2.45, 2.75) is 17.9 Å². The number of nitrogens with zero attached hydrogens (tertiary/aromatic N) is 5. The normalized spacial score (nSPS) is 14.0. The van der Waals surface area contributed by atoms with Crippen LogP contribution in [0.4, 0.5) is 11.5 Å². The minimum absolute atomic E-state index is 0.0275. The Bertz CT molecular complexity index is 1560. The molecule has 0 unspecified atom stereocenters. The van der Waals surface area contributed by atoms with Crippen molar-refractivity contribution in [1.29, 1.82) is 0 Å². The molecule has 12 heteroatoms. The van der Waals surface area contributed by atoms with E-state index in [-0.39, 0.29) is 23.4 Å². The van der Waals surface area contributed by atoms with Crippen molar-refractivity contribution in [3.8, 4) is 0 Å². The minimum Gasteiger partial charge on any atom is -0.376 e. The van der Waals surface area contributed by atoms with Gasteiger partial charge in [0.2, 0.25) is 5.91 Å². The maximum absolute atomic E-state index is 13.2. The molecular formula is C25H24Cl2N6O3S. The lowest BCUT2D eigenvalue weighted by Gasteiger charge is -2.44. The summed E-state index contributed by atoms with van der Waals surface area (Å²) in [6.45, 7) is 3.05. The molecule has 3 heterocycles. The second-order valence-electron chi connectivity index (χ2n) is 8.94. The van der Waals surface area contributed by atoms with Crippen LogP contribution in [-0.2, 0) is 14.8 Å². The van der Waals surface area contributed by atoms with E-state index in [0.717, 1.165) is 5.56 Å². The van der Waals surface area contributed by atoms with Crippen LogP contribution in [0.25, 0.3) is 11.0 Å². The lowest BCUT2D eigenvalue weighted by molar-refractivity contribution is -0.133. The molecule has 0 atom stereocenters. The van der Waals surface area contributed by atoms with Gasteiger partial charge in [-0.15, -0.1) is 0 Å². The fraction of sp³-hybridized carbons (Fsp3) is 0.240. The molecule has 0 radical (unpaired) electrons. The van der Waals surface area contributed by atoms with Gasteiger partial charge in [-0.1, -0.05) is 40.9 Å².